The highest BCUT2D eigenvalue weighted by Gasteiger charge is 2.38. The first-order valence-electron chi connectivity index (χ1n) is 4.76. The van der Waals surface area contributed by atoms with E-state index in [0.29, 0.717) is 18.8 Å². The topological polar surface area (TPSA) is 12.0 Å². The van der Waals surface area contributed by atoms with E-state index in [1.807, 2.05) is 6.92 Å². The standard InChI is InChI=1S/C11H14FN/c1-3-8-5-9(12)6-11-10(8)4-7(2)13-11/h1,4,8-11,13H,5-6H2,2H3/t8-,9+,10?,11?/m1/s1. The van der Waals surface area contributed by atoms with Crippen LogP contribution in [0, 0.1) is 24.2 Å². The molecule has 0 bridgehead atoms. The van der Waals surface area contributed by atoms with Gasteiger partial charge in [0, 0.05) is 23.6 Å². The summed E-state index contributed by atoms with van der Waals surface area (Å²) in [5.74, 6) is 3.14. The highest BCUT2D eigenvalue weighted by Crippen LogP contribution is 2.36. The average Bonchev–Trinajstić information content (AvgIpc) is 2.43. The van der Waals surface area contributed by atoms with Gasteiger partial charge in [-0.05, 0) is 19.8 Å². The third-order valence-electron chi connectivity index (χ3n) is 3.02. The van der Waals surface area contributed by atoms with Crippen molar-refractivity contribution in [3.63, 3.8) is 0 Å². The van der Waals surface area contributed by atoms with Crippen molar-refractivity contribution in [3.8, 4) is 12.3 Å². The zero-order valence-corrected chi connectivity index (χ0v) is 7.76. The highest BCUT2D eigenvalue weighted by molar-refractivity contribution is 5.19. The maximum atomic E-state index is 13.2. The highest BCUT2D eigenvalue weighted by atomic mass is 19.1. The maximum Gasteiger partial charge on any atom is 0.103 e. The van der Waals surface area contributed by atoms with Gasteiger partial charge >= 0.3 is 0 Å². The Kier molecular flexibility index (Phi) is 2.03. The van der Waals surface area contributed by atoms with Gasteiger partial charge in [0.2, 0.25) is 0 Å². The van der Waals surface area contributed by atoms with Gasteiger partial charge in [0.05, 0.1) is 0 Å². The van der Waals surface area contributed by atoms with Gasteiger partial charge in [-0.25, -0.2) is 4.39 Å². The molecule has 2 rings (SSSR count). The molecule has 70 valence electrons. The summed E-state index contributed by atoms with van der Waals surface area (Å²) >= 11 is 0. The summed E-state index contributed by atoms with van der Waals surface area (Å²) in [6, 6.07) is 0.241. The molecule has 2 aliphatic rings. The molecule has 2 unspecified atom stereocenters. The average molecular weight is 179 g/mol. The Morgan fingerprint density at radius 1 is 1.62 bits per heavy atom. The largest absolute Gasteiger partial charge is 0.385 e. The van der Waals surface area contributed by atoms with Crippen molar-refractivity contribution in [3.05, 3.63) is 11.8 Å². The van der Waals surface area contributed by atoms with Crippen LogP contribution >= 0.6 is 0 Å². The van der Waals surface area contributed by atoms with E-state index in [4.69, 9.17) is 6.42 Å². The minimum Gasteiger partial charge on any atom is -0.385 e. The van der Waals surface area contributed by atoms with Crippen molar-refractivity contribution < 1.29 is 4.39 Å². The molecular weight excluding hydrogens is 165 g/mol. The van der Waals surface area contributed by atoms with E-state index in [1.54, 1.807) is 0 Å². The Morgan fingerprint density at radius 2 is 2.38 bits per heavy atom. The van der Waals surface area contributed by atoms with E-state index in [-0.39, 0.29) is 12.0 Å². The van der Waals surface area contributed by atoms with E-state index < -0.39 is 6.17 Å². The van der Waals surface area contributed by atoms with Crippen LogP contribution in [0.1, 0.15) is 19.8 Å². The number of allylic oxidation sites excluding steroid dienone is 1. The summed E-state index contributed by atoms with van der Waals surface area (Å²) < 4.78 is 13.2. The summed E-state index contributed by atoms with van der Waals surface area (Å²) in [5, 5.41) is 3.28. The van der Waals surface area contributed by atoms with E-state index in [2.05, 4.69) is 17.3 Å². The lowest BCUT2D eigenvalue weighted by molar-refractivity contribution is 0.168. The van der Waals surface area contributed by atoms with E-state index in [1.165, 1.54) is 0 Å². The molecule has 1 aliphatic heterocycles. The number of terminal acetylenes is 1. The van der Waals surface area contributed by atoms with Gasteiger partial charge < -0.3 is 5.32 Å². The van der Waals surface area contributed by atoms with Gasteiger partial charge in [0.15, 0.2) is 0 Å². The Labute approximate surface area is 78.4 Å². The predicted octanol–water partition coefficient (Wildman–Crippen LogP) is 1.86. The fraction of sp³-hybridized carbons (Fsp3) is 0.636. The second-order valence-electron chi connectivity index (χ2n) is 4.02. The van der Waals surface area contributed by atoms with Crippen LogP contribution in [-0.2, 0) is 0 Å². The summed E-state index contributed by atoms with van der Waals surface area (Å²) in [5.41, 5.74) is 1.14. The van der Waals surface area contributed by atoms with E-state index >= 15 is 0 Å². The van der Waals surface area contributed by atoms with Crippen LogP contribution in [0.4, 0.5) is 4.39 Å². The molecule has 1 saturated carbocycles. The van der Waals surface area contributed by atoms with Crippen LogP contribution in [-0.4, -0.2) is 12.2 Å². The molecule has 0 aromatic carbocycles. The first-order chi connectivity index (χ1) is 6.20. The first-order valence-corrected chi connectivity index (χ1v) is 4.76. The maximum absolute atomic E-state index is 13.2. The molecule has 0 aromatic heterocycles. The third-order valence-corrected chi connectivity index (χ3v) is 3.02. The van der Waals surface area contributed by atoms with Gasteiger partial charge in [-0.2, -0.15) is 0 Å². The zero-order valence-electron chi connectivity index (χ0n) is 7.76. The van der Waals surface area contributed by atoms with Gasteiger partial charge in [-0.1, -0.05) is 6.08 Å². The Hall–Kier alpha value is -0.970. The summed E-state index contributed by atoms with van der Waals surface area (Å²) in [6.45, 7) is 2.01. The van der Waals surface area contributed by atoms with Crippen molar-refractivity contribution in [1.82, 2.24) is 5.32 Å². The smallest absolute Gasteiger partial charge is 0.103 e. The normalized spacial score (nSPS) is 43.0. The van der Waals surface area contributed by atoms with Crippen molar-refractivity contribution >= 4 is 0 Å². The van der Waals surface area contributed by atoms with Gasteiger partial charge in [0.1, 0.15) is 6.17 Å². The van der Waals surface area contributed by atoms with Gasteiger partial charge in [0.25, 0.3) is 0 Å². The van der Waals surface area contributed by atoms with Crippen molar-refractivity contribution in [1.29, 1.82) is 0 Å². The van der Waals surface area contributed by atoms with Crippen LogP contribution < -0.4 is 5.32 Å². The number of hydrogen-bond acceptors (Lipinski definition) is 1. The molecule has 1 nitrogen and oxygen atoms in total. The Morgan fingerprint density at radius 3 is 3.08 bits per heavy atom. The van der Waals surface area contributed by atoms with Gasteiger partial charge in [-0.15, -0.1) is 12.3 Å². The molecule has 4 atom stereocenters. The first kappa shape index (κ1) is 8.62. The van der Waals surface area contributed by atoms with Crippen LogP contribution in [0.3, 0.4) is 0 Å². The van der Waals surface area contributed by atoms with Crippen LogP contribution in [0.15, 0.2) is 11.8 Å². The summed E-state index contributed by atoms with van der Waals surface area (Å²) in [6.07, 6.45) is 7.96. The number of alkyl halides is 1. The molecule has 0 amide bonds. The molecule has 2 heteroatoms. The lowest BCUT2D eigenvalue weighted by atomic mass is 9.77. The van der Waals surface area contributed by atoms with Crippen LogP contribution in [0.2, 0.25) is 0 Å². The third kappa shape index (κ3) is 1.44. The minimum absolute atomic E-state index is 0.0821. The molecule has 1 fully saturated rings. The number of halogens is 1. The molecule has 0 radical (unpaired) electrons. The van der Waals surface area contributed by atoms with E-state index in [9.17, 15) is 4.39 Å². The number of hydrogen-bond donors (Lipinski definition) is 1. The number of fused-ring (bicyclic) bond motifs is 1. The van der Waals surface area contributed by atoms with Crippen molar-refractivity contribution in [2.45, 2.75) is 32.0 Å². The Bertz CT molecular complexity index is 276. The molecule has 1 N–H and O–H groups in total. The molecule has 1 heterocycles. The fourth-order valence-electron chi connectivity index (χ4n) is 2.44. The zero-order chi connectivity index (χ0) is 9.42. The molecular formula is C11H14FN. The Balaban J connectivity index is 2.17. The fourth-order valence-corrected chi connectivity index (χ4v) is 2.44. The SMILES string of the molecule is C#C[C@@H]1C[C@H](F)CC2NC(C)=CC21. The quantitative estimate of drug-likeness (QED) is 0.560. The van der Waals surface area contributed by atoms with Crippen molar-refractivity contribution in [2.75, 3.05) is 0 Å². The monoisotopic (exact) mass is 179 g/mol. The lowest BCUT2D eigenvalue weighted by Gasteiger charge is -2.32. The predicted molar refractivity (Wildman–Crippen MR) is 50.6 cm³/mol. The molecule has 13 heavy (non-hydrogen) atoms. The number of nitrogens with one attached hydrogen (secondary N) is 1. The van der Waals surface area contributed by atoms with Crippen molar-refractivity contribution in [2.24, 2.45) is 11.8 Å². The molecule has 1 aliphatic carbocycles. The summed E-state index contributed by atoms with van der Waals surface area (Å²) in [7, 11) is 0. The molecule has 0 saturated heterocycles. The minimum atomic E-state index is -0.728. The van der Waals surface area contributed by atoms with Crippen LogP contribution in [0.5, 0.6) is 0 Å². The van der Waals surface area contributed by atoms with E-state index in [0.717, 1.165) is 5.70 Å². The van der Waals surface area contributed by atoms with Crippen LogP contribution in [0.25, 0.3) is 0 Å². The molecule has 0 aromatic rings. The second-order valence-corrected chi connectivity index (χ2v) is 4.02. The second kappa shape index (κ2) is 3.06. The lowest BCUT2D eigenvalue weighted by Crippen LogP contribution is -2.39. The number of rotatable bonds is 0. The van der Waals surface area contributed by atoms with Gasteiger partial charge in [-0.3, -0.25) is 0 Å². The molecule has 0 spiro atoms. The summed E-state index contributed by atoms with van der Waals surface area (Å²) in [4.78, 5) is 0.